The molecule has 2 aromatic rings. The standard InChI is InChI=1S/C12H14F3N.C7H8O3S/c13-12(14,15)11-3-1-9(2-4-11)7-10-5-6-16-8-10;1-6-2-4-7(5-3-6)11(8,9)10/h1-4,10,16H,5-8H2;2-5H,1H3,(H,8,9,10). The maximum absolute atomic E-state index is 12.3. The van der Waals surface area contributed by atoms with Gasteiger partial charge in [-0.05, 0) is 68.6 Å². The Hall–Kier alpha value is -1.90. The molecule has 1 unspecified atom stereocenters. The van der Waals surface area contributed by atoms with Gasteiger partial charge in [-0.1, -0.05) is 29.8 Å². The lowest BCUT2D eigenvalue weighted by Crippen LogP contribution is -2.11. The minimum atomic E-state index is -4.23. The van der Waals surface area contributed by atoms with Gasteiger partial charge in [0, 0.05) is 0 Å². The van der Waals surface area contributed by atoms with Crippen LogP contribution in [-0.4, -0.2) is 26.1 Å². The predicted octanol–water partition coefficient (Wildman–Crippen LogP) is 4.10. The molecule has 2 N–H and O–H groups in total. The summed E-state index contributed by atoms with van der Waals surface area (Å²) in [6.45, 7) is 3.83. The smallest absolute Gasteiger partial charge is 0.316 e. The van der Waals surface area contributed by atoms with Crippen molar-refractivity contribution in [2.75, 3.05) is 13.1 Å². The number of alkyl halides is 3. The Bertz CT molecular complexity index is 826. The molecule has 0 aliphatic carbocycles. The lowest BCUT2D eigenvalue weighted by Gasteiger charge is -2.10. The van der Waals surface area contributed by atoms with Crippen LogP contribution in [0.15, 0.2) is 53.4 Å². The quantitative estimate of drug-likeness (QED) is 0.760. The van der Waals surface area contributed by atoms with Gasteiger partial charge in [-0.15, -0.1) is 0 Å². The maximum Gasteiger partial charge on any atom is 0.416 e. The number of nitrogens with one attached hydrogen (secondary N) is 1. The molecule has 2 aromatic carbocycles. The topological polar surface area (TPSA) is 66.4 Å². The van der Waals surface area contributed by atoms with Gasteiger partial charge in [-0.3, -0.25) is 4.55 Å². The number of rotatable bonds is 3. The molecule has 1 aliphatic heterocycles. The lowest BCUT2D eigenvalue weighted by atomic mass is 9.98. The minimum absolute atomic E-state index is 0.0666. The van der Waals surface area contributed by atoms with Crippen molar-refractivity contribution in [2.24, 2.45) is 5.92 Å². The summed E-state index contributed by atoms with van der Waals surface area (Å²) in [5, 5.41) is 3.25. The second-order valence-electron chi connectivity index (χ2n) is 6.55. The van der Waals surface area contributed by atoms with Crippen LogP contribution in [-0.2, 0) is 22.7 Å². The summed E-state index contributed by atoms with van der Waals surface area (Å²) < 4.78 is 66.5. The zero-order valence-electron chi connectivity index (χ0n) is 14.8. The van der Waals surface area contributed by atoms with Crippen LogP contribution in [0.4, 0.5) is 13.2 Å². The summed E-state index contributed by atoms with van der Waals surface area (Å²) in [5.74, 6) is 0.566. The Morgan fingerprint density at radius 2 is 1.67 bits per heavy atom. The van der Waals surface area contributed by atoms with E-state index in [0.717, 1.165) is 49.2 Å². The highest BCUT2D eigenvalue weighted by molar-refractivity contribution is 7.85. The highest BCUT2D eigenvalue weighted by Crippen LogP contribution is 2.29. The third-order valence-corrected chi connectivity index (χ3v) is 5.15. The number of benzene rings is 2. The maximum atomic E-state index is 12.3. The molecule has 1 saturated heterocycles. The van der Waals surface area contributed by atoms with Gasteiger partial charge in [-0.25, -0.2) is 0 Å². The third-order valence-electron chi connectivity index (χ3n) is 4.29. The first-order chi connectivity index (χ1) is 12.6. The van der Waals surface area contributed by atoms with E-state index in [1.807, 2.05) is 6.92 Å². The minimum Gasteiger partial charge on any atom is -0.316 e. The summed E-state index contributed by atoms with van der Waals surface area (Å²) in [4.78, 5) is -0.0666. The summed E-state index contributed by atoms with van der Waals surface area (Å²) >= 11 is 0. The average molecular weight is 401 g/mol. The van der Waals surface area contributed by atoms with Crippen molar-refractivity contribution in [3.05, 3.63) is 65.2 Å². The molecule has 8 heteroatoms. The van der Waals surface area contributed by atoms with Crippen molar-refractivity contribution in [2.45, 2.75) is 30.8 Å². The molecular formula is C19H22F3NO3S. The molecule has 1 aliphatic rings. The van der Waals surface area contributed by atoms with Crippen LogP contribution >= 0.6 is 0 Å². The zero-order chi connectivity index (χ0) is 20.1. The molecule has 1 fully saturated rings. The molecule has 0 spiro atoms. The fourth-order valence-electron chi connectivity index (χ4n) is 2.76. The Balaban J connectivity index is 0.000000208. The van der Waals surface area contributed by atoms with Gasteiger partial charge in [-0.2, -0.15) is 21.6 Å². The predicted molar refractivity (Wildman–Crippen MR) is 97.1 cm³/mol. The molecule has 1 heterocycles. The Morgan fingerprint density at radius 1 is 1.07 bits per heavy atom. The number of halogens is 3. The van der Waals surface area contributed by atoms with E-state index in [1.54, 1.807) is 24.3 Å². The van der Waals surface area contributed by atoms with E-state index in [2.05, 4.69) is 5.32 Å². The van der Waals surface area contributed by atoms with E-state index in [-0.39, 0.29) is 4.90 Å². The van der Waals surface area contributed by atoms with E-state index >= 15 is 0 Å². The van der Waals surface area contributed by atoms with Crippen molar-refractivity contribution in [1.82, 2.24) is 5.32 Å². The van der Waals surface area contributed by atoms with Gasteiger partial charge in [0.2, 0.25) is 0 Å². The van der Waals surface area contributed by atoms with Crippen LogP contribution in [0, 0.1) is 12.8 Å². The van der Waals surface area contributed by atoms with Crippen LogP contribution < -0.4 is 5.32 Å². The SMILES string of the molecule is Cc1ccc(S(=O)(=O)O)cc1.FC(F)(F)c1ccc(CC2CCNC2)cc1. The van der Waals surface area contributed by atoms with Crippen molar-refractivity contribution in [1.29, 1.82) is 0 Å². The Morgan fingerprint density at radius 3 is 2.11 bits per heavy atom. The lowest BCUT2D eigenvalue weighted by molar-refractivity contribution is -0.137. The summed E-state index contributed by atoms with van der Waals surface area (Å²) in [7, 11) is -4.02. The van der Waals surface area contributed by atoms with Gasteiger partial charge >= 0.3 is 6.18 Å². The fourth-order valence-corrected chi connectivity index (χ4v) is 3.24. The number of hydrogen-bond donors (Lipinski definition) is 2. The van der Waals surface area contributed by atoms with Crippen molar-refractivity contribution in [3.8, 4) is 0 Å². The fraction of sp³-hybridized carbons (Fsp3) is 0.368. The molecule has 148 valence electrons. The van der Waals surface area contributed by atoms with Gasteiger partial charge in [0.1, 0.15) is 0 Å². The first-order valence-electron chi connectivity index (χ1n) is 8.47. The van der Waals surface area contributed by atoms with E-state index < -0.39 is 21.9 Å². The first-order valence-corrected chi connectivity index (χ1v) is 9.91. The second-order valence-corrected chi connectivity index (χ2v) is 7.97. The average Bonchev–Trinajstić information content (AvgIpc) is 3.08. The molecule has 27 heavy (non-hydrogen) atoms. The van der Waals surface area contributed by atoms with Crippen LogP contribution in [0.3, 0.4) is 0 Å². The monoisotopic (exact) mass is 401 g/mol. The highest BCUT2D eigenvalue weighted by Gasteiger charge is 2.30. The van der Waals surface area contributed by atoms with Crippen LogP contribution in [0.1, 0.15) is 23.1 Å². The van der Waals surface area contributed by atoms with Gasteiger partial charge in [0.25, 0.3) is 10.1 Å². The van der Waals surface area contributed by atoms with E-state index in [9.17, 15) is 21.6 Å². The van der Waals surface area contributed by atoms with E-state index in [0.29, 0.717) is 5.92 Å². The zero-order valence-corrected chi connectivity index (χ0v) is 15.6. The van der Waals surface area contributed by atoms with Gasteiger partial charge < -0.3 is 5.32 Å². The van der Waals surface area contributed by atoms with E-state index in [1.165, 1.54) is 12.1 Å². The molecule has 0 aromatic heterocycles. The molecule has 0 saturated carbocycles. The van der Waals surface area contributed by atoms with Crippen molar-refractivity contribution < 1.29 is 26.1 Å². The van der Waals surface area contributed by atoms with Crippen molar-refractivity contribution >= 4 is 10.1 Å². The second kappa shape index (κ2) is 8.86. The Labute approximate surface area is 157 Å². The molecule has 0 bridgehead atoms. The number of hydrogen-bond acceptors (Lipinski definition) is 3. The normalized spacial score (nSPS) is 17.3. The summed E-state index contributed by atoms with van der Waals surface area (Å²) in [6.07, 6.45) is -2.25. The molecule has 0 amide bonds. The third kappa shape index (κ3) is 6.97. The molecule has 0 radical (unpaired) electrons. The van der Waals surface area contributed by atoms with E-state index in [4.69, 9.17) is 4.55 Å². The van der Waals surface area contributed by atoms with Crippen LogP contribution in [0.25, 0.3) is 0 Å². The number of aryl methyl sites for hydroxylation is 1. The summed E-state index contributed by atoms with van der Waals surface area (Å²) in [6, 6.07) is 11.5. The molecule has 4 nitrogen and oxygen atoms in total. The molecular weight excluding hydrogens is 379 g/mol. The van der Waals surface area contributed by atoms with Crippen LogP contribution in [0.5, 0.6) is 0 Å². The van der Waals surface area contributed by atoms with Gasteiger partial charge in [0.15, 0.2) is 0 Å². The molecule has 1 atom stereocenters. The first kappa shape index (κ1) is 21.4. The van der Waals surface area contributed by atoms with Crippen LogP contribution in [0.2, 0.25) is 0 Å². The molecule has 3 rings (SSSR count). The van der Waals surface area contributed by atoms with Gasteiger partial charge in [0.05, 0.1) is 10.5 Å². The highest BCUT2D eigenvalue weighted by atomic mass is 32.2. The summed E-state index contributed by atoms with van der Waals surface area (Å²) in [5.41, 5.74) is 1.37. The van der Waals surface area contributed by atoms with Crippen molar-refractivity contribution in [3.63, 3.8) is 0 Å². The largest absolute Gasteiger partial charge is 0.416 e. The Kier molecular flexibility index (Phi) is 7.02.